The molecule has 0 aliphatic heterocycles. The molecular weight excluding hydrogens is 142 g/mol. The van der Waals surface area contributed by atoms with Crippen molar-refractivity contribution in [3.8, 4) is 0 Å². The first-order valence-electron chi connectivity index (χ1n) is 3.22. The molecule has 0 spiro atoms. The van der Waals surface area contributed by atoms with Gasteiger partial charge >= 0.3 is 0 Å². The lowest BCUT2D eigenvalue weighted by atomic mass is 10.4. The summed E-state index contributed by atoms with van der Waals surface area (Å²) >= 11 is 0. The summed E-state index contributed by atoms with van der Waals surface area (Å²) in [6.07, 6.45) is 2.93. The third-order valence-electron chi connectivity index (χ3n) is 1.17. The Morgan fingerprint density at radius 3 is 2.45 bits per heavy atom. The Hall–Kier alpha value is -1.32. The zero-order valence-electron chi connectivity index (χ0n) is 7.03. The number of nitrogens with two attached hydrogens (primary N) is 1. The van der Waals surface area contributed by atoms with Crippen molar-refractivity contribution in [2.45, 2.75) is 6.92 Å². The number of rotatable bonds is 2. The Bertz CT molecular complexity index is 196. The van der Waals surface area contributed by atoms with E-state index in [4.69, 9.17) is 5.73 Å². The van der Waals surface area contributed by atoms with Gasteiger partial charge in [0, 0.05) is 33.4 Å². The van der Waals surface area contributed by atoms with Crippen molar-refractivity contribution < 1.29 is 4.79 Å². The molecule has 0 heterocycles. The van der Waals surface area contributed by atoms with Gasteiger partial charge in [0.05, 0.1) is 0 Å². The van der Waals surface area contributed by atoms with Crippen molar-refractivity contribution in [3.05, 3.63) is 12.4 Å². The summed E-state index contributed by atoms with van der Waals surface area (Å²) < 4.78 is 0. The molecule has 0 radical (unpaired) electrons. The molecule has 2 N–H and O–H groups in total. The van der Waals surface area contributed by atoms with E-state index in [0.717, 1.165) is 0 Å². The fourth-order valence-electron chi connectivity index (χ4n) is 0.763. The third kappa shape index (κ3) is 2.84. The minimum absolute atomic E-state index is 0.0758. The fourth-order valence-corrected chi connectivity index (χ4v) is 0.763. The summed E-state index contributed by atoms with van der Waals surface area (Å²) in [6.45, 7) is 1.46. The Morgan fingerprint density at radius 1 is 1.64 bits per heavy atom. The van der Waals surface area contributed by atoms with Gasteiger partial charge in [0.2, 0.25) is 0 Å². The largest absolute Gasteiger partial charge is 0.403 e. The van der Waals surface area contributed by atoms with E-state index in [1.54, 1.807) is 25.2 Å². The number of hydrogen-bond acceptors (Lipinski definition) is 3. The second-order valence-corrected chi connectivity index (χ2v) is 2.06. The van der Waals surface area contributed by atoms with Crippen molar-refractivity contribution >= 4 is 11.6 Å². The molecule has 0 aliphatic rings. The van der Waals surface area contributed by atoms with Gasteiger partial charge in [-0.1, -0.05) is 0 Å². The molecule has 0 fully saturated rings. The van der Waals surface area contributed by atoms with Crippen molar-refractivity contribution in [1.82, 2.24) is 4.90 Å². The number of hydrogen-bond donors (Lipinski definition) is 1. The van der Waals surface area contributed by atoms with Gasteiger partial charge in [-0.3, -0.25) is 9.79 Å². The summed E-state index contributed by atoms with van der Waals surface area (Å²) in [5.41, 5.74) is 5.13. The maximum Gasteiger partial charge on any atom is 0.194 e. The first kappa shape index (κ1) is 9.68. The van der Waals surface area contributed by atoms with Crippen LogP contribution < -0.4 is 5.73 Å². The second-order valence-electron chi connectivity index (χ2n) is 2.06. The predicted molar refractivity (Wildman–Crippen MR) is 45.1 cm³/mol. The standard InChI is InChI=1S/C7H13N3O/c1-6(11)7(9-2)10(3)5-4-8/h4-5H,8H2,1-3H3/b5-4+,9-7-. The van der Waals surface area contributed by atoms with Crippen molar-refractivity contribution in [2.24, 2.45) is 10.7 Å². The van der Waals surface area contributed by atoms with Gasteiger partial charge in [0.25, 0.3) is 0 Å². The molecule has 0 aromatic carbocycles. The van der Waals surface area contributed by atoms with Gasteiger partial charge in [-0.05, 0) is 0 Å². The smallest absolute Gasteiger partial charge is 0.194 e. The SMILES string of the molecule is C/N=C(/C(C)=O)N(C)/C=C/N. The van der Waals surface area contributed by atoms with Gasteiger partial charge in [0.1, 0.15) is 0 Å². The number of likely N-dealkylation sites (N-methyl/N-ethyl adjacent to an activating group) is 1. The first-order chi connectivity index (χ1) is 5.13. The van der Waals surface area contributed by atoms with E-state index in [-0.39, 0.29) is 5.78 Å². The van der Waals surface area contributed by atoms with Crippen LogP contribution in [0.25, 0.3) is 0 Å². The summed E-state index contributed by atoms with van der Waals surface area (Å²) in [6, 6.07) is 0. The lowest BCUT2D eigenvalue weighted by Crippen LogP contribution is -2.27. The minimum Gasteiger partial charge on any atom is -0.403 e. The van der Waals surface area contributed by atoms with Crippen LogP contribution in [0.15, 0.2) is 17.4 Å². The van der Waals surface area contributed by atoms with E-state index in [9.17, 15) is 4.79 Å². The van der Waals surface area contributed by atoms with Crippen LogP contribution in [0.4, 0.5) is 0 Å². The second kappa shape index (κ2) is 4.49. The molecule has 0 saturated carbocycles. The number of carbonyl (C=O) groups excluding carboxylic acids is 1. The Balaban J connectivity index is 4.40. The Kier molecular flexibility index (Phi) is 3.95. The highest BCUT2D eigenvalue weighted by Crippen LogP contribution is 1.89. The van der Waals surface area contributed by atoms with Crippen molar-refractivity contribution in [2.75, 3.05) is 14.1 Å². The van der Waals surface area contributed by atoms with Crippen LogP contribution in [-0.2, 0) is 4.79 Å². The lowest BCUT2D eigenvalue weighted by molar-refractivity contribution is -0.111. The first-order valence-corrected chi connectivity index (χ1v) is 3.22. The molecule has 0 amide bonds. The number of nitrogens with zero attached hydrogens (tertiary/aromatic N) is 2. The number of aliphatic imine (C=N–C) groups is 1. The van der Waals surface area contributed by atoms with E-state index in [1.807, 2.05) is 0 Å². The molecule has 0 saturated heterocycles. The molecule has 0 bridgehead atoms. The van der Waals surface area contributed by atoms with Crippen molar-refractivity contribution in [3.63, 3.8) is 0 Å². The van der Waals surface area contributed by atoms with Crippen LogP contribution in [-0.4, -0.2) is 30.6 Å². The van der Waals surface area contributed by atoms with Gasteiger partial charge < -0.3 is 10.6 Å². The number of amidine groups is 1. The summed E-state index contributed by atoms with van der Waals surface area (Å²) in [7, 11) is 3.28. The van der Waals surface area contributed by atoms with E-state index < -0.39 is 0 Å². The highest BCUT2D eigenvalue weighted by molar-refractivity contribution is 6.37. The molecule has 4 nitrogen and oxygen atoms in total. The van der Waals surface area contributed by atoms with E-state index in [2.05, 4.69) is 4.99 Å². The molecule has 0 aromatic rings. The lowest BCUT2D eigenvalue weighted by Gasteiger charge is -2.12. The van der Waals surface area contributed by atoms with Crippen LogP contribution in [0, 0.1) is 0 Å². The molecule has 0 rings (SSSR count). The highest BCUT2D eigenvalue weighted by atomic mass is 16.1. The molecule has 11 heavy (non-hydrogen) atoms. The molecule has 0 unspecified atom stereocenters. The summed E-state index contributed by atoms with van der Waals surface area (Å²) in [5.74, 6) is 0.319. The predicted octanol–water partition coefficient (Wildman–Crippen LogP) is -0.0346. The normalized spacial score (nSPS) is 12.1. The van der Waals surface area contributed by atoms with E-state index in [0.29, 0.717) is 5.84 Å². The molecule has 0 atom stereocenters. The molecule has 0 aromatic heterocycles. The zero-order valence-corrected chi connectivity index (χ0v) is 7.03. The third-order valence-corrected chi connectivity index (χ3v) is 1.17. The van der Waals surface area contributed by atoms with E-state index in [1.165, 1.54) is 13.1 Å². The quantitative estimate of drug-likeness (QED) is 0.450. The van der Waals surface area contributed by atoms with Crippen molar-refractivity contribution in [1.29, 1.82) is 0 Å². The Morgan fingerprint density at radius 2 is 2.18 bits per heavy atom. The zero-order chi connectivity index (χ0) is 8.85. The van der Waals surface area contributed by atoms with Crippen LogP contribution in [0.3, 0.4) is 0 Å². The van der Waals surface area contributed by atoms with Crippen LogP contribution in [0.2, 0.25) is 0 Å². The maximum atomic E-state index is 10.8. The monoisotopic (exact) mass is 155 g/mol. The van der Waals surface area contributed by atoms with Gasteiger partial charge in [-0.2, -0.15) is 0 Å². The van der Waals surface area contributed by atoms with Crippen LogP contribution in [0.5, 0.6) is 0 Å². The number of Topliss-reactive ketones (excluding diaryl/α,β-unsaturated/α-hetero) is 1. The van der Waals surface area contributed by atoms with E-state index >= 15 is 0 Å². The van der Waals surface area contributed by atoms with Gasteiger partial charge in [0.15, 0.2) is 11.6 Å². The molecule has 62 valence electrons. The highest BCUT2D eigenvalue weighted by Gasteiger charge is 2.06. The van der Waals surface area contributed by atoms with Crippen LogP contribution >= 0.6 is 0 Å². The maximum absolute atomic E-state index is 10.8. The van der Waals surface area contributed by atoms with Crippen LogP contribution in [0.1, 0.15) is 6.92 Å². The topological polar surface area (TPSA) is 58.7 Å². The molecule has 4 heteroatoms. The van der Waals surface area contributed by atoms with Gasteiger partial charge in [-0.25, -0.2) is 0 Å². The number of ketones is 1. The minimum atomic E-state index is -0.0758. The average molecular weight is 155 g/mol. The molecule has 0 aliphatic carbocycles. The number of carbonyl (C=O) groups is 1. The van der Waals surface area contributed by atoms with Gasteiger partial charge in [-0.15, -0.1) is 0 Å². The molecular formula is C7H13N3O. The summed E-state index contributed by atoms with van der Waals surface area (Å²) in [5, 5.41) is 0. The average Bonchev–Trinajstić information content (AvgIpc) is 1.88. The summed E-state index contributed by atoms with van der Waals surface area (Å²) in [4.78, 5) is 16.2. The Labute approximate surface area is 66.4 Å². The fraction of sp³-hybridized carbons (Fsp3) is 0.429.